The van der Waals surface area contributed by atoms with Crippen LogP contribution in [0.5, 0.6) is 0 Å². The molecule has 18 heavy (non-hydrogen) atoms. The number of carboxylic acids is 1. The summed E-state index contributed by atoms with van der Waals surface area (Å²) in [5.74, 6) is -0.629. The van der Waals surface area contributed by atoms with Crippen molar-refractivity contribution in [1.82, 2.24) is 9.97 Å². The van der Waals surface area contributed by atoms with E-state index in [9.17, 15) is 4.79 Å². The summed E-state index contributed by atoms with van der Waals surface area (Å²) >= 11 is 0. The van der Waals surface area contributed by atoms with E-state index < -0.39 is 5.97 Å². The first-order valence-electron chi connectivity index (χ1n) is 5.47. The quantitative estimate of drug-likeness (QED) is 0.866. The molecule has 1 aromatic heterocycles. The van der Waals surface area contributed by atoms with Crippen molar-refractivity contribution in [3.63, 3.8) is 0 Å². The van der Waals surface area contributed by atoms with E-state index in [1.165, 1.54) is 11.8 Å². The molecule has 1 heterocycles. The maximum absolute atomic E-state index is 10.8. The van der Waals surface area contributed by atoms with Crippen molar-refractivity contribution < 1.29 is 9.90 Å². The van der Waals surface area contributed by atoms with Gasteiger partial charge in [0.2, 0.25) is 5.95 Å². The third-order valence-corrected chi connectivity index (χ3v) is 2.52. The minimum Gasteiger partial charge on any atom is -0.478 e. The van der Waals surface area contributed by atoms with Crippen molar-refractivity contribution in [1.29, 1.82) is 0 Å². The second kappa shape index (κ2) is 4.83. The fourth-order valence-electron chi connectivity index (χ4n) is 1.50. The van der Waals surface area contributed by atoms with E-state index in [2.05, 4.69) is 15.3 Å². The van der Waals surface area contributed by atoms with E-state index in [1.54, 1.807) is 6.92 Å². The first kappa shape index (κ1) is 12.0. The number of carboxylic acid groups (broad SMARTS) is 1. The van der Waals surface area contributed by atoms with Crippen LogP contribution in [0.25, 0.3) is 0 Å². The first-order valence-corrected chi connectivity index (χ1v) is 5.47. The van der Waals surface area contributed by atoms with Crippen molar-refractivity contribution in [2.24, 2.45) is 0 Å². The predicted octanol–water partition coefficient (Wildman–Crippen LogP) is 2.54. The third kappa shape index (κ3) is 2.63. The number of carbonyl (C=O) groups is 1. The molecule has 0 bridgehead atoms. The maximum atomic E-state index is 10.8. The second-order valence-corrected chi connectivity index (χ2v) is 3.99. The molecule has 0 aliphatic rings. The van der Waals surface area contributed by atoms with Crippen molar-refractivity contribution in [3.05, 3.63) is 47.3 Å². The number of aryl methyl sites for hydroxylation is 2. The number of nitrogens with zero attached hydrogens (tertiary/aromatic N) is 2. The molecule has 5 heteroatoms. The summed E-state index contributed by atoms with van der Waals surface area (Å²) < 4.78 is 0. The molecule has 0 aliphatic heterocycles. The van der Waals surface area contributed by atoms with Crippen LogP contribution in [0.4, 0.5) is 11.6 Å². The van der Waals surface area contributed by atoms with Gasteiger partial charge in [-0.25, -0.2) is 14.8 Å². The molecule has 2 aromatic rings. The van der Waals surface area contributed by atoms with Gasteiger partial charge >= 0.3 is 5.97 Å². The van der Waals surface area contributed by atoms with Gasteiger partial charge in [-0.05, 0) is 26.0 Å². The van der Waals surface area contributed by atoms with E-state index in [0.717, 1.165) is 5.69 Å². The SMILES string of the molecule is Cc1ccc(Nc2ncc(C(=O)O)c(C)n2)cc1. The lowest BCUT2D eigenvalue weighted by Gasteiger charge is -2.06. The van der Waals surface area contributed by atoms with Gasteiger partial charge in [0, 0.05) is 11.9 Å². The molecule has 0 saturated carbocycles. The zero-order valence-corrected chi connectivity index (χ0v) is 10.1. The highest BCUT2D eigenvalue weighted by molar-refractivity contribution is 5.88. The predicted molar refractivity (Wildman–Crippen MR) is 68.2 cm³/mol. The molecular formula is C13H13N3O2. The van der Waals surface area contributed by atoms with Crippen LogP contribution in [-0.2, 0) is 0 Å². The summed E-state index contributed by atoms with van der Waals surface area (Å²) in [6.07, 6.45) is 1.31. The summed E-state index contributed by atoms with van der Waals surface area (Å²) in [5.41, 5.74) is 2.58. The molecular weight excluding hydrogens is 230 g/mol. The molecule has 1 aromatic carbocycles. The lowest BCUT2D eigenvalue weighted by atomic mass is 10.2. The van der Waals surface area contributed by atoms with Gasteiger partial charge in [-0.3, -0.25) is 0 Å². The summed E-state index contributed by atoms with van der Waals surface area (Å²) in [7, 11) is 0. The Morgan fingerprint density at radius 3 is 2.44 bits per heavy atom. The van der Waals surface area contributed by atoms with Crippen LogP contribution in [0.1, 0.15) is 21.6 Å². The largest absolute Gasteiger partial charge is 0.478 e. The summed E-state index contributed by atoms with van der Waals surface area (Å²) in [6.45, 7) is 3.65. The highest BCUT2D eigenvalue weighted by Gasteiger charge is 2.09. The van der Waals surface area contributed by atoms with E-state index >= 15 is 0 Å². The Bertz CT molecular complexity index is 579. The lowest BCUT2D eigenvalue weighted by molar-refractivity contribution is 0.0695. The molecule has 0 atom stereocenters. The fraction of sp³-hybridized carbons (Fsp3) is 0.154. The van der Waals surface area contributed by atoms with Crippen LogP contribution in [0, 0.1) is 13.8 Å². The van der Waals surface area contributed by atoms with Crippen molar-refractivity contribution in [2.75, 3.05) is 5.32 Å². The minimum absolute atomic E-state index is 0.115. The molecule has 2 N–H and O–H groups in total. The molecule has 0 aliphatic carbocycles. The van der Waals surface area contributed by atoms with Gasteiger partial charge in [-0.2, -0.15) is 0 Å². The number of nitrogens with one attached hydrogen (secondary N) is 1. The molecule has 0 fully saturated rings. The lowest BCUT2D eigenvalue weighted by Crippen LogP contribution is -2.06. The highest BCUT2D eigenvalue weighted by atomic mass is 16.4. The number of hydrogen-bond donors (Lipinski definition) is 2. The van der Waals surface area contributed by atoms with Gasteiger partial charge < -0.3 is 10.4 Å². The normalized spacial score (nSPS) is 10.1. The molecule has 0 spiro atoms. The Labute approximate surface area is 105 Å². The zero-order valence-electron chi connectivity index (χ0n) is 10.1. The number of aromatic carboxylic acids is 1. The van der Waals surface area contributed by atoms with Gasteiger partial charge in [0.15, 0.2) is 0 Å². The van der Waals surface area contributed by atoms with Crippen molar-refractivity contribution >= 4 is 17.6 Å². The smallest absolute Gasteiger partial charge is 0.339 e. The van der Waals surface area contributed by atoms with Crippen molar-refractivity contribution in [2.45, 2.75) is 13.8 Å². The Morgan fingerprint density at radius 2 is 1.89 bits per heavy atom. The van der Waals surface area contributed by atoms with Crippen LogP contribution >= 0.6 is 0 Å². The van der Waals surface area contributed by atoms with Crippen LogP contribution < -0.4 is 5.32 Å². The molecule has 0 radical (unpaired) electrons. The number of hydrogen-bond acceptors (Lipinski definition) is 4. The van der Waals surface area contributed by atoms with Gasteiger partial charge in [-0.1, -0.05) is 17.7 Å². The van der Waals surface area contributed by atoms with Gasteiger partial charge in [0.05, 0.1) is 11.3 Å². The van der Waals surface area contributed by atoms with Crippen LogP contribution in [0.15, 0.2) is 30.5 Å². The standard InChI is InChI=1S/C13H13N3O2/c1-8-3-5-10(6-4-8)16-13-14-7-11(12(17)18)9(2)15-13/h3-7H,1-2H3,(H,17,18)(H,14,15,16). The number of benzene rings is 1. The summed E-state index contributed by atoms with van der Waals surface area (Å²) in [5, 5.41) is 11.9. The Kier molecular flexibility index (Phi) is 3.23. The zero-order chi connectivity index (χ0) is 13.1. The van der Waals surface area contributed by atoms with E-state index in [4.69, 9.17) is 5.11 Å². The monoisotopic (exact) mass is 243 g/mol. The molecule has 5 nitrogen and oxygen atoms in total. The maximum Gasteiger partial charge on any atom is 0.339 e. The van der Waals surface area contributed by atoms with Crippen molar-refractivity contribution in [3.8, 4) is 0 Å². The van der Waals surface area contributed by atoms with E-state index in [-0.39, 0.29) is 5.56 Å². The molecule has 2 rings (SSSR count). The van der Waals surface area contributed by atoms with Crippen LogP contribution in [0.3, 0.4) is 0 Å². The van der Waals surface area contributed by atoms with Gasteiger partial charge in [-0.15, -0.1) is 0 Å². The molecule has 0 amide bonds. The van der Waals surface area contributed by atoms with Gasteiger partial charge in [0.25, 0.3) is 0 Å². The number of aromatic nitrogens is 2. The number of anilines is 2. The highest BCUT2D eigenvalue weighted by Crippen LogP contribution is 2.14. The summed E-state index contributed by atoms with van der Waals surface area (Å²) in [4.78, 5) is 18.9. The average Bonchev–Trinajstić information content (AvgIpc) is 2.32. The number of rotatable bonds is 3. The second-order valence-electron chi connectivity index (χ2n) is 3.99. The Hall–Kier alpha value is -2.43. The molecule has 0 unspecified atom stereocenters. The average molecular weight is 243 g/mol. The molecule has 0 saturated heterocycles. The fourth-order valence-corrected chi connectivity index (χ4v) is 1.50. The first-order chi connectivity index (χ1) is 8.56. The van der Waals surface area contributed by atoms with E-state index in [1.807, 2.05) is 31.2 Å². The third-order valence-electron chi connectivity index (χ3n) is 2.52. The van der Waals surface area contributed by atoms with E-state index in [0.29, 0.717) is 11.6 Å². The van der Waals surface area contributed by atoms with Crippen LogP contribution in [-0.4, -0.2) is 21.0 Å². The minimum atomic E-state index is -1.02. The molecule has 92 valence electrons. The summed E-state index contributed by atoms with van der Waals surface area (Å²) in [6, 6.07) is 7.78. The van der Waals surface area contributed by atoms with Gasteiger partial charge in [0.1, 0.15) is 0 Å². The Balaban J connectivity index is 2.22. The topological polar surface area (TPSA) is 75.1 Å². The Morgan fingerprint density at radius 1 is 1.22 bits per heavy atom. The van der Waals surface area contributed by atoms with Crippen LogP contribution in [0.2, 0.25) is 0 Å².